The first-order valence-electron chi connectivity index (χ1n) is 12.5. The van der Waals surface area contributed by atoms with E-state index in [2.05, 4.69) is 5.32 Å². The predicted molar refractivity (Wildman–Crippen MR) is 141 cm³/mol. The lowest BCUT2D eigenvalue weighted by Gasteiger charge is -2.51. The van der Waals surface area contributed by atoms with Crippen molar-refractivity contribution in [2.45, 2.75) is 25.9 Å². The number of anilines is 2. The Labute approximate surface area is 230 Å². The molecular formula is C30H35BrN2O4. The number of rotatable bonds is 7. The van der Waals surface area contributed by atoms with E-state index in [0.717, 1.165) is 59.6 Å². The summed E-state index contributed by atoms with van der Waals surface area (Å²) in [6.45, 7) is 4.84. The average Bonchev–Trinajstić information content (AvgIpc) is 2.90. The molecule has 1 unspecified atom stereocenters. The van der Waals surface area contributed by atoms with Crippen LogP contribution < -0.4 is 27.0 Å². The average molecular weight is 568 g/mol. The molecule has 0 amide bonds. The molecule has 0 aromatic heterocycles. The molecule has 3 fully saturated rings. The smallest absolute Gasteiger partial charge is 0.303 e. The third-order valence-electron chi connectivity index (χ3n) is 7.09. The van der Waals surface area contributed by atoms with Crippen LogP contribution in [0, 0.1) is 5.92 Å². The maximum atomic E-state index is 12.5. The second-order valence-corrected chi connectivity index (χ2v) is 9.60. The highest BCUT2D eigenvalue weighted by atomic mass is 79.9. The fraction of sp³-hybridized carbons (Fsp3) is 0.333. The van der Waals surface area contributed by atoms with Gasteiger partial charge in [0.1, 0.15) is 18.8 Å². The Bertz CT molecular complexity index is 1150. The summed E-state index contributed by atoms with van der Waals surface area (Å²) < 4.78 is 11.5. The quantitative estimate of drug-likeness (QED) is 0.270. The van der Waals surface area contributed by atoms with Crippen LogP contribution in [-0.2, 0) is 9.53 Å². The second kappa shape index (κ2) is 13.4. The summed E-state index contributed by atoms with van der Waals surface area (Å²) in [7, 11) is 1.67. The van der Waals surface area contributed by atoms with Gasteiger partial charge >= 0.3 is 5.97 Å². The number of nitrogens with one attached hydrogen (secondary N) is 1. The van der Waals surface area contributed by atoms with E-state index in [0.29, 0.717) is 12.5 Å². The van der Waals surface area contributed by atoms with Gasteiger partial charge in [0.2, 0.25) is 5.78 Å². The first-order valence-corrected chi connectivity index (χ1v) is 12.5. The highest BCUT2D eigenvalue weighted by Crippen LogP contribution is 2.35. The van der Waals surface area contributed by atoms with E-state index >= 15 is 0 Å². The zero-order valence-corrected chi connectivity index (χ0v) is 23.0. The van der Waals surface area contributed by atoms with Gasteiger partial charge in [-0.05, 0) is 24.3 Å². The van der Waals surface area contributed by atoms with Gasteiger partial charge in [-0.25, -0.2) is 0 Å². The van der Waals surface area contributed by atoms with Gasteiger partial charge in [-0.1, -0.05) is 60.7 Å². The molecule has 3 saturated heterocycles. The maximum Gasteiger partial charge on any atom is 0.303 e. The molecule has 3 aromatic carbocycles. The van der Waals surface area contributed by atoms with Crippen molar-refractivity contribution in [2.75, 3.05) is 38.6 Å². The van der Waals surface area contributed by atoms with E-state index in [9.17, 15) is 9.59 Å². The van der Waals surface area contributed by atoms with E-state index in [4.69, 9.17) is 9.47 Å². The number of quaternary nitrogens is 1. The minimum absolute atomic E-state index is 0. The van der Waals surface area contributed by atoms with Crippen molar-refractivity contribution in [3.8, 4) is 5.75 Å². The van der Waals surface area contributed by atoms with Gasteiger partial charge in [0, 0.05) is 36.9 Å². The zero-order valence-electron chi connectivity index (χ0n) is 21.4. The van der Waals surface area contributed by atoms with Crippen molar-refractivity contribution in [2.24, 2.45) is 5.92 Å². The topological polar surface area (TPSA) is 64.6 Å². The number of para-hydroxylation sites is 3. The Morgan fingerprint density at radius 1 is 0.892 bits per heavy atom. The molecule has 1 N–H and O–H groups in total. The summed E-state index contributed by atoms with van der Waals surface area (Å²) in [6, 6.07) is 27.4. The highest BCUT2D eigenvalue weighted by molar-refractivity contribution is 5.96. The van der Waals surface area contributed by atoms with Gasteiger partial charge in [-0.15, -0.1) is 0 Å². The third kappa shape index (κ3) is 7.66. The van der Waals surface area contributed by atoms with Crippen molar-refractivity contribution < 1.29 is 40.5 Å². The molecule has 0 saturated carbocycles. The molecule has 37 heavy (non-hydrogen) atoms. The van der Waals surface area contributed by atoms with Crippen LogP contribution in [0.5, 0.6) is 5.75 Å². The predicted octanol–water partition coefficient (Wildman–Crippen LogP) is 2.48. The molecule has 1 atom stereocenters. The molecule has 0 aliphatic carbocycles. The number of halogens is 1. The van der Waals surface area contributed by atoms with Crippen molar-refractivity contribution >= 4 is 23.1 Å². The van der Waals surface area contributed by atoms with E-state index in [1.54, 1.807) is 7.11 Å². The first kappa shape index (κ1) is 28.4. The molecule has 3 aliphatic heterocycles. The van der Waals surface area contributed by atoms with E-state index in [-0.39, 0.29) is 34.8 Å². The number of nitrogens with zero attached hydrogens (tertiary/aromatic N) is 1. The molecule has 3 aliphatic rings. The van der Waals surface area contributed by atoms with Crippen molar-refractivity contribution in [3.05, 3.63) is 90.5 Å². The minimum Gasteiger partial charge on any atom is -1.00 e. The number of esters is 1. The zero-order chi connectivity index (χ0) is 25.4. The van der Waals surface area contributed by atoms with E-state index in [1.165, 1.54) is 6.92 Å². The third-order valence-corrected chi connectivity index (χ3v) is 7.09. The number of hydrogen-bond acceptors (Lipinski definition) is 5. The van der Waals surface area contributed by atoms with Gasteiger partial charge in [0.05, 0.1) is 25.9 Å². The lowest BCUT2D eigenvalue weighted by Crippen LogP contribution is -3.00. The summed E-state index contributed by atoms with van der Waals surface area (Å²) in [5, 5.41) is 3.30. The molecule has 2 bridgehead atoms. The highest BCUT2D eigenvalue weighted by Gasteiger charge is 2.48. The standard InChI is InChI=1S/C17H22NO3.C13H13NO.BrH/c1-13(19)21-17-12-18(9-7-15(17)8-10-18)11-16(20)14-5-3-2-4-6-14;1-15-13-10-6-5-9-12(13)14-11-7-3-2-4-8-11;/h2-6,15,17H,7-12H2,1H3;2-10,14H,1H3;1H/q+1;;/p-1. The molecule has 7 heteroatoms. The van der Waals surface area contributed by atoms with Gasteiger partial charge in [-0.2, -0.15) is 0 Å². The fourth-order valence-corrected chi connectivity index (χ4v) is 5.23. The number of fused-ring (bicyclic) bond motifs is 3. The van der Waals surface area contributed by atoms with Crippen molar-refractivity contribution in [1.82, 2.24) is 0 Å². The van der Waals surface area contributed by atoms with Crippen molar-refractivity contribution in [1.29, 1.82) is 0 Å². The number of ether oxygens (including phenoxy) is 2. The summed E-state index contributed by atoms with van der Waals surface area (Å²) in [5.41, 5.74) is 2.81. The SMILES string of the molecule is CC(=O)OC1C[N+]2(CC(=O)c3ccccc3)CCC1CC2.COc1ccccc1Nc1ccccc1.[Br-]. The van der Waals surface area contributed by atoms with Gasteiger partial charge in [0.15, 0.2) is 6.10 Å². The van der Waals surface area contributed by atoms with Crippen LogP contribution >= 0.6 is 0 Å². The molecule has 6 nitrogen and oxygen atoms in total. The normalized spacial score (nSPS) is 21.5. The summed E-state index contributed by atoms with van der Waals surface area (Å²) in [4.78, 5) is 23.7. The van der Waals surface area contributed by atoms with Crippen molar-refractivity contribution in [3.63, 3.8) is 0 Å². The van der Waals surface area contributed by atoms with Gasteiger partial charge < -0.3 is 36.3 Å². The molecule has 0 spiro atoms. The Balaban J connectivity index is 0.000000211. The Morgan fingerprint density at radius 3 is 2.11 bits per heavy atom. The number of ketones is 1. The lowest BCUT2D eigenvalue weighted by molar-refractivity contribution is -0.938. The van der Waals surface area contributed by atoms with Crippen LogP contribution in [0.3, 0.4) is 0 Å². The van der Waals surface area contributed by atoms with E-state index in [1.807, 2.05) is 84.9 Å². The Morgan fingerprint density at radius 2 is 1.49 bits per heavy atom. The molecule has 6 rings (SSSR count). The largest absolute Gasteiger partial charge is 1.00 e. The molecular weight excluding hydrogens is 532 g/mol. The first-order chi connectivity index (χ1) is 17.5. The summed E-state index contributed by atoms with van der Waals surface area (Å²) in [5.74, 6) is 1.32. The molecule has 3 aromatic rings. The van der Waals surface area contributed by atoms with E-state index < -0.39 is 0 Å². The number of methoxy groups -OCH3 is 1. The number of carbonyl (C=O) groups is 2. The molecule has 196 valence electrons. The molecule has 0 radical (unpaired) electrons. The fourth-order valence-electron chi connectivity index (χ4n) is 5.23. The van der Waals surface area contributed by atoms with Gasteiger partial charge in [0.25, 0.3) is 0 Å². The summed E-state index contributed by atoms with van der Waals surface area (Å²) >= 11 is 0. The van der Waals surface area contributed by atoms with Crippen LogP contribution in [0.15, 0.2) is 84.9 Å². The van der Waals surface area contributed by atoms with Gasteiger partial charge in [-0.3, -0.25) is 9.59 Å². The van der Waals surface area contributed by atoms with Crippen LogP contribution in [0.25, 0.3) is 0 Å². The number of Topliss-reactive ketones (excluding diaryl/α,β-unsaturated/α-hetero) is 1. The minimum atomic E-state index is -0.207. The number of carbonyl (C=O) groups excluding carboxylic acids is 2. The summed E-state index contributed by atoms with van der Waals surface area (Å²) in [6.07, 6.45) is 2.11. The molecule has 3 heterocycles. The lowest BCUT2D eigenvalue weighted by atomic mass is 9.83. The number of piperidine rings is 3. The maximum absolute atomic E-state index is 12.5. The number of hydrogen-bond donors (Lipinski definition) is 1. The Hall–Kier alpha value is -3.16. The van der Waals surface area contributed by atoms with Crippen LogP contribution in [0.2, 0.25) is 0 Å². The number of benzene rings is 3. The van der Waals surface area contributed by atoms with Crippen LogP contribution in [0.1, 0.15) is 30.1 Å². The monoisotopic (exact) mass is 566 g/mol. The van der Waals surface area contributed by atoms with Crippen LogP contribution in [0.4, 0.5) is 11.4 Å². The van der Waals surface area contributed by atoms with Crippen LogP contribution in [-0.4, -0.2) is 55.6 Å². The Kier molecular flexibility index (Phi) is 10.3. The second-order valence-electron chi connectivity index (χ2n) is 9.60.